The summed E-state index contributed by atoms with van der Waals surface area (Å²) in [5, 5.41) is 8.15. The molecular weight excluding hydrogens is 332 g/mol. The van der Waals surface area contributed by atoms with Gasteiger partial charge in [0.25, 0.3) is 5.91 Å². The molecule has 1 amide bonds. The first-order valence-electron chi connectivity index (χ1n) is 8.71. The fourth-order valence-electron chi connectivity index (χ4n) is 3.60. The maximum absolute atomic E-state index is 12.9. The van der Waals surface area contributed by atoms with E-state index in [1.165, 1.54) is 0 Å². The third-order valence-corrected chi connectivity index (χ3v) is 4.91. The average molecular weight is 354 g/mol. The monoisotopic (exact) mass is 354 g/mol. The second-order valence-corrected chi connectivity index (χ2v) is 6.55. The quantitative estimate of drug-likeness (QED) is 0.783. The number of ether oxygens (including phenoxy) is 1. The Morgan fingerprint density at radius 2 is 2.00 bits per heavy atom. The Balaban J connectivity index is 1.50. The van der Waals surface area contributed by atoms with Crippen molar-refractivity contribution in [1.29, 1.82) is 0 Å². The van der Waals surface area contributed by atoms with Crippen LogP contribution >= 0.6 is 0 Å². The van der Waals surface area contributed by atoms with E-state index in [1.807, 2.05) is 36.9 Å². The predicted molar refractivity (Wildman–Crippen MR) is 98.9 cm³/mol. The number of rotatable bonds is 3. The molecule has 7 heteroatoms. The van der Waals surface area contributed by atoms with Gasteiger partial charge in [-0.25, -0.2) is 0 Å². The van der Waals surface area contributed by atoms with Crippen molar-refractivity contribution in [1.82, 2.24) is 15.1 Å². The summed E-state index contributed by atoms with van der Waals surface area (Å²) in [5.74, 6) is 0.912. The molecule has 0 spiro atoms. The van der Waals surface area contributed by atoms with Crippen LogP contribution in [0.1, 0.15) is 21.9 Å². The molecule has 26 heavy (non-hydrogen) atoms. The summed E-state index contributed by atoms with van der Waals surface area (Å²) >= 11 is 0. The molecule has 7 nitrogen and oxygen atoms in total. The van der Waals surface area contributed by atoms with Gasteiger partial charge in [-0.2, -0.15) is 5.10 Å². The molecule has 0 bridgehead atoms. The van der Waals surface area contributed by atoms with Crippen LogP contribution in [0.4, 0.5) is 5.69 Å². The predicted octanol–water partition coefficient (Wildman–Crippen LogP) is 2.74. The van der Waals surface area contributed by atoms with Crippen LogP contribution in [0.5, 0.6) is 5.75 Å². The molecular formula is C19H22N4O3. The molecule has 0 aliphatic carbocycles. The van der Waals surface area contributed by atoms with Crippen LogP contribution in [-0.4, -0.2) is 54.3 Å². The van der Waals surface area contributed by atoms with Gasteiger partial charge in [0.15, 0.2) is 17.1 Å². The SMILES string of the molecule is COc1cccc2cc(C(=O)N3CCN(c4c(C)n[nH]c4C)CC3)oc12. The number of hydrogen-bond donors (Lipinski definition) is 1. The third-order valence-electron chi connectivity index (χ3n) is 4.91. The van der Waals surface area contributed by atoms with Crippen molar-refractivity contribution in [2.75, 3.05) is 38.2 Å². The van der Waals surface area contributed by atoms with Crippen molar-refractivity contribution in [3.63, 3.8) is 0 Å². The first kappa shape index (κ1) is 16.5. The van der Waals surface area contributed by atoms with Crippen LogP contribution in [0.3, 0.4) is 0 Å². The van der Waals surface area contributed by atoms with Crippen LogP contribution in [0, 0.1) is 13.8 Å². The Morgan fingerprint density at radius 1 is 1.23 bits per heavy atom. The van der Waals surface area contributed by atoms with E-state index < -0.39 is 0 Å². The van der Waals surface area contributed by atoms with Gasteiger partial charge in [0.2, 0.25) is 0 Å². The fraction of sp³-hybridized carbons (Fsp3) is 0.368. The Labute approximate surface area is 151 Å². The number of H-pyrrole nitrogens is 1. The number of aromatic nitrogens is 2. The van der Waals surface area contributed by atoms with Crippen LogP contribution in [0.25, 0.3) is 11.0 Å². The van der Waals surface area contributed by atoms with Crippen LogP contribution in [-0.2, 0) is 0 Å². The Kier molecular flexibility index (Phi) is 4.06. The van der Waals surface area contributed by atoms with Crippen LogP contribution in [0.2, 0.25) is 0 Å². The van der Waals surface area contributed by atoms with Gasteiger partial charge in [-0.05, 0) is 26.0 Å². The summed E-state index contributed by atoms with van der Waals surface area (Å²) in [6, 6.07) is 7.42. The van der Waals surface area contributed by atoms with E-state index in [0.29, 0.717) is 30.2 Å². The van der Waals surface area contributed by atoms with E-state index in [0.717, 1.165) is 35.6 Å². The van der Waals surface area contributed by atoms with Gasteiger partial charge in [-0.1, -0.05) is 12.1 Å². The number of piperazine rings is 1. The zero-order valence-corrected chi connectivity index (χ0v) is 15.2. The van der Waals surface area contributed by atoms with E-state index in [4.69, 9.17) is 9.15 Å². The number of amides is 1. The summed E-state index contributed by atoms with van der Waals surface area (Å²) in [4.78, 5) is 17.0. The van der Waals surface area contributed by atoms with Crippen molar-refractivity contribution < 1.29 is 13.9 Å². The number of para-hydroxylation sites is 1. The molecule has 1 aliphatic rings. The van der Waals surface area contributed by atoms with Gasteiger partial charge >= 0.3 is 0 Å². The molecule has 1 aliphatic heterocycles. The highest BCUT2D eigenvalue weighted by Gasteiger charge is 2.27. The summed E-state index contributed by atoms with van der Waals surface area (Å²) in [5.41, 5.74) is 3.81. The zero-order chi connectivity index (χ0) is 18.3. The molecule has 1 fully saturated rings. The summed E-state index contributed by atoms with van der Waals surface area (Å²) in [7, 11) is 1.60. The molecule has 3 heterocycles. The molecule has 0 saturated carbocycles. The second kappa shape index (κ2) is 6.40. The zero-order valence-electron chi connectivity index (χ0n) is 15.2. The van der Waals surface area contributed by atoms with Crippen molar-refractivity contribution in [2.45, 2.75) is 13.8 Å². The van der Waals surface area contributed by atoms with Crippen molar-refractivity contribution in [2.24, 2.45) is 0 Å². The van der Waals surface area contributed by atoms with E-state index in [2.05, 4.69) is 15.1 Å². The maximum atomic E-state index is 12.9. The highest BCUT2D eigenvalue weighted by atomic mass is 16.5. The molecule has 0 unspecified atom stereocenters. The topological polar surface area (TPSA) is 74.6 Å². The van der Waals surface area contributed by atoms with Gasteiger partial charge in [-0.15, -0.1) is 0 Å². The standard InChI is InChI=1S/C19H22N4O3/c1-12-17(13(2)21-20-12)22-7-9-23(10-8-22)19(24)16-11-14-5-4-6-15(25-3)18(14)26-16/h4-6,11H,7-10H2,1-3H3,(H,20,21). The second-order valence-electron chi connectivity index (χ2n) is 6.55. The normalized spacial score (nSPS) is 14.9. The van der Waals surface area contributed by atoms with Gasteiger partial charge in [0, 0.05) is 31.6 Å². The first-order chi connectivity index (χ1) is 12.6. The number of benzene rings is 1. The Bertz CT molecular complexity index is 932. The minimum Gasteiger partial charge on any atom is -0.493 e. The van der Waals surface area contributed by atoms with Crippen molar-refractivity contribution >= 4 is 22.6 Å². The van der Waals surface area contributed by atoms with E-state index in [9.17, 15) is 4.79 Å². The van der Waals surface area contributed by atoms with Gasteiger partial charge in [0.1, 0.15) is 0 Å². The number of hydrogen-bond acceptors (Lipinski definition) is 5. The number of aromatic amines is 1. The fourth-order valence-corrected chi connectivity index (χ4v) is 3.60. The number of methoxy groups -OCH3 is 1. The lowest BCUT2D eigenvalue weighted by Crippen LogP contribution is -2.49. The summed E-state index contributed by atoms with van der Waals surface area (Å²) < 4.78 is 11.1. The number of nitrogens with zero attached hydrogens (tertiary/aromatic N) is 3. The number of nitrogens with one attached hydrogen (secondary N) is 1. The highest BCUT2D eigenvalue weighted by molar-refractivity contribution is 5.97. The lowest BCUT2D eigenvalue weighted by Gasteiger charge is -2.35. The van der Waals surface area contributed by atoms with Gasteiger partial charge in [-0.3, -0.25) is 9.89 Å². The number of anilines is 1. The first-order valence-corrected chi connectivity index (χ1v) is 8.71. The van der Waals surface area contributed by atoms with E-state index in [-0.39, 0.29) is 5.91 Å². The van der Waals surface area contributed by atoms with Crippen LogP contribution in [0.15, 0.2) is 28.7 Å². The lowest BCUT2D eigenvalue weighted by atomic mass is 10.2. The largest absolute Gasteiger partial charge is 0.493 e. The highest BCUT2D eigenvalue weighted by Crippen LogP contribution is 2.29. The van der Waals surface area contributed by atoms with Crippen molar-refractivity contribution in [3.05, 3.63) is 41.4 Å². The minimum atomic E-state index is -0.0801. The third kappa shape index (κ3) is 2.69. The smallest absolute Gasteiger partial charge is 0.289 e. The number of fused-ring (bicyclic) bond motifs is 1. The molecule has 4 rings (SSSR count). The molecule has 3 aromatic rings. The molecule has 0 radical (unpaired) electrons. The molecule has 2 aromatic heterocycles. The molecule has 1 aromatic carbocycles. The Hall–Kier alpha value is -2.96. The summed E-state index contributed by atoms with van der Waals surface area (Å²) in [6.45, 7) is 6.87. The van der Waals surface area contributed by atoms with Gasteiger partial charge in [0.05, 0.1) is 24.2 Å². The number of furan rings is 1. The number of carbonyl (C=O) groups excluding carboxylic acids is 1. The molecule has 1 saturated heterocycles. The van der Waals surface area contributed by atoms with Crippen molar-refractivity contribution in [3.8, 4) is 5.75 Å². The molecule has 1 N–H and O–H groups in total. The van der Waals surface area contributed by atoms with Gasteiger partial charge < -0.3 is 19.0 Å². The number of carbonyl (C=O) groups is 1. The summed E-state index contributed by atoms with van der Waals surface area (Å²) in [6.07, 6.45) is 0. The lowest BCUT2D eigenvalue weighted by molar-refractivity contribution is 0.0717. The average Bonchev–Trinajstić information content (AvgIpc) is 3.24. The minimum absolute atomic E-state index is 0.0801. The number of aryl methyl sites for hydroxylation is 2. The van der Waals surface area contributed by atoms with E-state index in [1.54, 1.807) is 13.2 Å². The van der Waals surface area contributed by atoms with Crippen LogP contribution < -0.4 is 9.64 Å². The van der Waals surface area contributed by atoms with E-state index >= 15 is 0 Å². The molecule has 136 valence electrons. The Morgan fingerprint density at radius 3 is 2.65 bits per heavy atom. The molecule has 0 atom stereocenters. The maximum Gasteiger partial charge on any atom is 0.289 e.